The minimum Gasteiger partial charge on any atom is -0.489 e. The molecule has 2 aromatic carbocycles. The van der Waals surface area contributed by atoms with Gasteiger partial charge in [0.25, 0.3) is 11.5 Å². The first-order valence-electron chi connectivity index (χ1n) is 7.01. The van der Waals surface area contributed by atoms with Gasteiger partial charge in [0.15, 0.2) is 11.4 Å². The van der Waals surface area contributed by atoms with E-state index in [-0.39, 0.29) is 5.69 Å². The molecule has 3 rings (SSSR count). The van der Waals surface area contributed by atoms with Gasteiger partial charge in [-0.1, -0.05) is 18.2 Å². The fourth-order valence-corrected chi connectivity index (χ4v) is 2.63. The third kappa shape index (κ3) is 2.28. The summed E-state index contributed by atoms with van der Waals surface area (Å²) in [4.78, 5) is 10.6. The highest BCUT2D eigenvalue weighted by Gasteiger charge is 2.28. The number of nitro benzene ring substituents is 1. The van der Waals surface area contributed by atoms with Crippen molar-refractivity contribution >= 4 is 17.2 Å². The molecule has 2 aromatic rings. The van der Waals surface area contributed by atoms with E-state index in [1.54, 1.807) is 6.07 Å². The van der Waals surface area contributed by atoms with Crippen LogP contribution in [0.2, 0.25) is 0 Å². The normalized spacial score (nSPS) is 13.1. The van der Waals surface area contributed by atoms with Crippen LogP contribution in [-0.4, -0.2) is 21.9 Å². The van der Waals surface area contributed by atoms with Crippen LogP contribution >= 0.6 is 0 Å². The Morgan fingerprint density at radius 1 is 1.32 bits per heavy atom. The quantitative estimate of drug-likeness (QED) is 0.534. The van der Waals surface area contributed by atoms with E-state index in [0.717, 1.165) is 11.1 Å². The average molecular weight is 298 g/mol. The van der Waals surface area contributed by atoms with Gasteiger partial charge < -0.3 is 4.74 Å². The molecule has 0 bridgehead atoms. The summed E-state index contributed by atoms with van der Waals surface area (Å²) in [7, 11) is 0. The third-order valence-corrected chi connectivity index (χ3v) is 3.66. The summed E-state index contributed by atoms with van der Waals surface area (Å²) in [5.41, 5.74) is 8.91. The average Bonchev–Trinajstić information content (AvgIpc) is 2.85. The van der Waals surface area contributed by atoms with E-state index in [0.29, 0.717) is 30.4 Å². The fraction of sp³-hybridized carbons (Fsp3) is 0.188. The molecule has 0 fully saturated rings. The van der Waals surface area contributed by atoms with Crippen LogP contribution in [0.5, 0.6) is 5.75 Å². The second-order valence-electron chi connectivity index (χ2n) is 4.97. The number of nitrogens with two attached hydrogens (primary N) is 1. The highest BCUT2D eigenvalue weighted by atomic mass is 16.6. The van der Waals surface area contributed by atoms with Crippen LogP contribution in [0.1, 0.15) is 18.1 Å². The minimum absolute atomic E-state index is 0.0159. The lowest BCUT2D eigenvalue weighted by atomic mass is 10.1. The number of nitro groups is 1. The molecule has 1 aliphatic rings. The van der Waals surface area contributed by atoms with E-state index in [2.05, 4.69) is 0 Å². The molecule has 0 atom stereocenters. The number of hydrogen-bond acceptors (Lipinski definition) is 4. The van der Waals surface area contributed by atoms with Crippen molar-refractivity contribution in [2.75, 3.05) is 6.61 Å². The first-order chi connectivity index (χ1) is 10.6. The molecule has 0 amide bonds. The molecule has 6 nitrogen and oxygen atoms in total. The third-order valence-electron chi connectivity index (χ3n) is 3.66. The first-order valence-corrected chi connectivity index (χ1v) is 7.01. The summed E-state index contributed by atoms with van der Waals surface area (Å²) in [6.07, 6.45) is 0. The summed E-state index contributed by atoms with van der Waals surface area (Å²) in [6.45, 7) is 2.92. The van der Waals surface area contributed by atoms with E-state index in [1.165, 1.54) is 12.1 Å². The van der Waals surface area contributed by atoms with Crippen LogP contribution < -0.4 is 10.5 Å². The SMILES string of the molecule is CCOc1ccc([N+](=O)[O-])cc1[N+]1=C(N)c2ccccc2C1. The Labute approximate surface area is 127 Å². The van der Waals surface area contributed by atoms with Crippen LogP contribution in [0.4, 0.5) is 11.4 Å². The number of benzene rings is 2. The summed E-state index contributed by atoms with van der Waals surface area (Å²) in [5.74, 6) is 1.17. The smallest absolute Gasteiger partial charge is 0.280 e. The number of rotatable bonds is 4. The largest absolute Gasteiger partial charge is 0.489 e. The van der Waals surface area contributed by atoms with Crippen molar-refractivity contribution in [1.82, 2.24) is 0 Å². The van der Waals surface area contributed by atoms with Crippen LogP contribution in [-0.2, 0) is 6.54 Å². The minimum atomic E-state index is -0.418. The Kier molecular flexibility index (Phi) is 3.50. The Morgan fingerprint density at radius 2 is 2.09 bits per heavy atom. The predicted octanol–water partition coefficient (Wildman–Crippen LogP) is 2.56. The summed E-state index contributed by atoms with van der Waals surface area (Å²) >= 11 is 0. The predicted molar refractivity (Wildman–Crippen MR) is 82.6 cm³/mol. The van der Waals surface area contributed by atoms with Gasteiger partial charge in [0.1, 0.15) is 6.54 Å². The fourth-order valence-electron chi connectivity index (χ4n) is 2.63. The lowest BCUT2D eigenvalue weighted by Gasteiger charge is -2.10. The molecule has 0 saturated carbocycles. The van der Waals surface area contributed by atoms with Crippen LogP contribution in [0.15, 0.2) is 42.5 Å². The van der Waals surface area contributed by atoms with Crippen LogP contribution in [0.3, 0.4) is 0 Å². The number of hydrogen-bond donors (Lipinski definition) is 1. The molecule has 0 saturated heterocycles. The van der Waals surface area contributed by atoms with Gasteiger partial charge in [-0.15, -0.1) is 0 Å². The second-order valence-corrected chi connectivity index (χ2v) is 4.97. The Hall–Kier alpha value is -2.89. The van der Waals surface area contributed by atoms with Crippen molar-refractivity contribution in [1.29, 1.82) is 0 Å². The van der Waals surface area contributed by atoms with Gasteiger partial charge in [-0.05, 0) is 19.1 Å². The van der Waals surface area contributed by atoms with Crippen molar-refractivity contribution < 1.29 is 14.2 Å². The maximum Gasteiger partial charge on any atom is 0.280 e. The molecular formula is C16H16N3O3+. The number of nitrogens with zero attached hydrogens (tertiary/aromatic N) is 2. The lowest BCUT2D eigenvalue weighted by molar-refractivity contribution is -0.455. The number of amidine groups is 1. The highest BCUT2D eigenvalue weighted by Crippen LogP contribution is 2.34. The molecule has 1 aliphatic heterocycles. The Morgan fingerprint density at radius 3 is 2.77 bits per heavy atom. The molecule has 0 unspecified atom stereocenters. The number of fused-ring (bicyclic) bond motifs is 1. The molecule has 1 heterocycles. The van der Waals surface area contributed by atoms with Crippen LogP contribution in [0.25, 0.3) is 0 Å². The monoisotopic (exact) mass is 298 g/mol. The van der Waals surface area contributed by atoms with E-state index >= 15 is 0 Å². The maximum absolute atomic E-state index is 11.0. The van der Waals surface area contributed by atoms with Crippen LogP contribution in [0, 0.1) is 10.1 Å². The van der Waals surface area contributed by atoms with Gasteiger partial charge in [-0.2, -0.15) is 0 Å². The zero-order valence-corrected chi connectivity index (χ0v) is 12.2. The second kappa shape index (κ2) is 5.48. The zero-order chi connectivity index (χ0) is 15.7. The maximum atomic E-state index is 11.0. The molecule has 22 heavy (non-hydrogen) atoms. The lowest BCUT2D eigenvalue weighted by Crippen LogP contribution is -2.20. The van der Waals surface area contributed by atoms with Gasteiger partial charge in [0, 0.05) is 11.6 Å². The molecule has 2 N–H and O–H groups in total. The van der Waals surface area contributed by atoms with Gasteiger partial charge in [-0.3, -0.25) is 15.8 Å². The molecule has 0 aromatic heterocycles. The van der Waals surface area contributed by atoms with E-state index in [4.69, 9.17) is 10.5 Å². The molecule has 6 heteroatoms. The highest BCUT2D eigenvalue weighted by molar-refractivity contribution is 5.97. The van der Waals surface area contributed by atoms with Gasteiger partial charge in [-0.25, -0.2) is 4.58 Å². The number of non-ortho nitro benzene ring substituents is 1. The van der Waals surface area contributed by atoms with Crippen molar-refractivity contribution in [2.24, 2.45) is 5.73 Å². The molecule has 0 aliphatic carbocycles. The standard InChI is InChI=1S/C16H15N3O3/c1-2-22-15-8-7-12(19(20)21)9-14(15)18-10-11-5-3-4-6-13(11)16(18)17/h3-9,17H,2,10H2,1H3/p+1. The van der Waals surface area contributed by atoms with Crippen molar-refractivity contribution in [2.45, 2.75) is 13.5 Å². The molecule has 112 valence electrons. The van der Waals surface area contributed by atoms with E-state index < -0.39 is 4.92 Å². The molecule has 0 spiro atoms. The van der Waals surface area contributed by atoms with Gasteiger partial charge in [0.05, 0.1) is 23.2 Å². The topological polar surface area (TPSA) is 81.4 Å². The van der Waals surface area contributed by atoms with E-state index in [1.807, 2.05) is 35.8 Å². The van der Waals surface area contributed by atoms with E-state index in [9.17, 15) is 10.1 Å². The summed E-state index contributed by atoms with van der Waals surface area (Å²) in [5, 5.41) is 11.0. The molecule has 0 radical (unpaired) electrons. The van der Waals surface area contributed by atoms with Crippen molar-refractivity contribution in [3.05, 3.63) is 63.7 Å². The summed E-state index contributed by atoms with van der Waals surface area (Å²) in [6, 6.07) is 12.4. The first kappa shape index (κ1) is 14.1. The zero-order valence-electron chi connectivity index (χ0n) is 12.2. The molecular weight excluding hydrogens is 282 g/mol. The van der Waals surface area contributed by atoms with Crippen molar-refractivity contribution in [3.63, 3.8) is 0 Å². The summed E-state index contributed by atoms with van der Waals surface area (Å²) < 4.78 is 7.45. The van der Waals surface area contributed by atoms with Gasteiger partial charge in [0.2, 0.25) is 0 Å². The number of ether oxygens (including phenoxy) is 1. The Balaban J connectivity index is 2.13. The van der Waals surface area contributed by atoms with Gasteiger partial charge >= 0.3 is 0 Å². The Bertz CT molecular complexity index is 784. The van der Waals surface area contributed by atoms with Crippen molar-refractivity contribution in [3.8, 4) is 5.75 Å².